The molecule has 3 rings (SSSR count). The minimum Gasteiger partial charge on any atom is -0.340 e. The minimum atomic E-state index is -3.70. The number of rotatable bonds is 4. The van der Waals surface area contributed by atoms with Crippen molar-refractivity contribution in [3.8, 4) is 0 Å². The molecule has 1 fully saturated rings. The van der Waals surface area contributed by atoms with Crippen LogP contribution >= 0.6 is 23.2 Å². The van der Waals surface area contributed by atoms with E-state index in [1.165, 1.54) is 16.4 Å². The molecular formula is C18H17Cl2FN2O3S. The van der Waals surface area contributed by atoms with Crippen molar-refractivity contribution in [1.82, 2.24) is 9.21 Å². The lowest BCUT2D eigenvalue weighted by molar-refractivity contribution is -0.131. The molecule has 0 aromatic heterocycles. The second kappa shape index (κ2) is 8.14. The number of piperazine rings is 1. The topological polar surface area (TPSA) is 57.7 Å². The highest BCUT2D eigenvalue weighted by Crippen LogP contribution is 2.23. The molecule has 5 nitrogen and oxygen atoms in total. The van der Waals surface area contributed by atoms with E-state index in [-0.39, 0.29) is 30.3 Å². The maximum Gasteiger partial charge on any atom is 0.243 e. The Morgan fingerprint density at radius 2 is 1.59 bits per heavy atom. The van der Waals surface area contributed by atoms with Crippen molar-refractivity contribution in [3.63, 3.8) is 0 Å². The van der Waals surface area contributed by atoms with E-state index in [0.717, 1.165) is 17.7 Å². The molecule has 0 atom stereocenters. The van der Waals surface area contributed by atoms with Crippen LogP contribution in [0.3, 0.4) is 0 Å². The Morgan fingerprint density at radius 1 is 0.963 bits per heavy atom. The van der Waals surface area contributed by atoms with Crippen LogP contribution in [0.25, 0.3) is 0 Å². The zero-order chi connectivity index (χ0) is 19.6. The maximum absolute atomic E-state index is 13.0. The van der Waals surface area contributed by atoms with Crippen molar-refractivity contribution >= 4 is 39.1 Å². The average molecular weight is 431 g/mol. The fourth-order valence-corrected chi connectivity index (χ4v) is 4.61. The van der Waals surface area contributed by atoms with Crippen molar-refractivity contribution in [2.45, 2.75) is 11.3 Å². The van der Waals surface area contributed by atoms with Gasteiger partial charge in [0.05, 0.1) is 21.4 Å². The molecule has 9 heteroatoms. The quantitative estimate of drug-likeness (QED) is 0.747. The van der Waals surface area contributed by atoms with Gasteiger partial charge in [0.25, 0.3) is 0 Å². The molecule has 2 aromatic carbocycles. The molecule has 1 aliphatic heterocycles. The summed E-state index contributed by atoms with van der Waals surface area (Å²) in [6, 6.07) is 9.74. The number of carbonyl (C=O) groups excluding carboxylic acids is 1. The van der Waals surface area contributed by atoms with Gasteiger partial charge in [-0.3, -0.25) is 4.79 Å². The number of carbonyl (C=O) groups is 1. The van der Waals surface area contributed by atoms with Gasteiger partial charge in [-0.05, 0) is 42.0 Å². The van der Waals surface area contributed by atoms with Crippen molar-refractivity contribution in [2.24, 2.45) is 0 Å². The lowest BCUT2D eigenvalue weighted by atomic mass is 10.1. The Morgan fingerprint density at radius 3 is 2.19 bits per heavy atom. The van der Waals surface area contributed by atoms with E-state index in [2.05, 4.69) is 0 Å². The highest BCUT2D eigenvalue weighted by molar-refractivity contribution is 7.89. The Balaban J connectivity index is 1.61. The first-order chi connectivity index (χ1) is 12.8. The first-order valence-corrected chi connectivity index (χ1v) is 10.4. The predicted octanol–water partition coefficient (Wildman–Crippen LogP) is 3.21. The van der Waals surface area contributed by atoms with E-state index in [4.69, 9.17) is 23.2 Å². The monoisotopic (exact) mass is 430 g/mol. The molecule has 1 saturated heterocycles. The van der Waals surface area contributed by atoms with Crippen LogP contribution in [0.2, 0.25) is 10.0 Å². The van der Waals surface area contributed by atoms with Gasteiger partial charge in [-0.15, -0.1) is 0 Å². The number of hydrogen-bond acceptors (Lipinski definition) is 3. The molecule has 0 radical (unpaired) electrons. The highest BCUT2D eigenvalue weighted by atomic mass is 35.5. The van der Waals surface area contributed by atoms with E-state index in [1.54, 1.807) is 23.1 Å². The fraction of sp³-hybridized carbons (Fsp3) is 0.278. The van der Waals surface area contributed by atoms with Gasteiger partial charge in [-0.2, -0.15) is 4.31 Å². The van der Waals surface area contributed by atoms with Gasteiger partial charge in [0.15, 0.2) is 0 Å². The van der Waals surface area contributed by atoms with Crippen LogP contribution < -0.4 is 0 Å². The number of halogens is 3. The Kier molecular flexibility index (Phi) is 6.05. The number of benzene rings is 2. The lowest BCUT2D eigenvalue weighted by Crippen LogP contribution is -2.50. The van der Waals surface area contributed by atoms with Crippen LogP contribution in [0.15, 0.2) is 47.4 Å². The van der Waals surface area contributed by atoms with Crippen molar-refractivity contribution in [3.05, 3.63) is 63.9 Å². The summed E-state index contributed by atoms with van der Waals surface area (Å²) in [5, 5.41) is 0.810. The van der Waals surface area contributed by atoms with Gasteiger partial charge < -0.3 is 4.90 Å². The third-order valence-corrected chi connectivity index (χ3v) is 7.03. The first kappa shape index (κ1) is 20.1. The van der Waals surface area contributed by atoms with Gasteiger partial charge in [0.2, 0.25) is 15.9 Å². The number of nitrogens with zero attached hydrogens (tertiary/aromatic N) is 2. The predicted molar refractivity (Wildman–Crippen MR) is 102 cm³/mol. The third kappa shape index (κ3) is 4.60. The maximum atomic E-state index is 13.0. The highest BCUT2D eigenvalue weighted by Gasteiger charge is 2.30. The van der Waals surface area contributed by atoms with Gasteiger partial charge in [-0.25, -0.2) is 12.8 Å². The van der Waals surface area contributed by atoms with E-state index in [9.17, 15) is 17.6 Å². The molecule has 0 saturated carbocycles. The fourth-order valence-electron chi connectivity index (χ4n) is 2.87. The smallest absolute Gasteiger partial charge is 0.243 e. The largest absolute Gasteiger partial charge is 0.340 e. The molecule has 0 unspecified atom stereocenters. The summed E-state index contributed by atoms with van der Waals surface area (Å²) in [6.45, 7) is 0.959. The lowest BCUT2D eigenvalue weighted by Gasteiger charge is -2.34. The zero-order valence-electron chi connectivity index (χ0n) is 14.2. The molecule has 0 N–H and O–H groups in total. The van der Waals surface area contributed by atoms with Crippen LogP contribution in [0.4, 0.5) is 4.39 Å². The van der Waals surface area contributed by atoms with Crippen LogP contribution in [-0.4, -0.2) is 49.7 Å². The standard InChI is InChI=1S/C18H17Cl2FN2O3S/c19-16-6-1-13(11-17(16)20)12-18(24)22-7-9-23(10-8-22)27(25,26)15-4-2-14(21)3-5-15/h1-6,11H,7-10,12H2. The van der Waals surface area contributed by atoms with E-state index < -0.39 is 15.8 Å². The minimum absolute atomic E-state index is 0.0412. The number of hydrogen-bond donors (Lipinski definition) is 0. The summed E-state index contributed by atoms with van der Waals surface area (Å²) >= 11 is 11.8. The van der Waals surface area contributed by atoms with Gasteiger partial charge in [-0.1, -0.05) is 29.3 Å². The molecule has 1 aliphatic rings. The number of sulfonamides is 1. The summed E-state index contributed by atoms with van der Waals surface area (Å²) < 4.78 is 39.5. The molecule has 1 heterocycles. The summed E-state index contributed by atoms with van der Waals surface area (Å²) in [6.07, 6.45) is 0.168. The van der Waals surface area contributed by atoms with Crippen molar-refractivity contribution in [1.29, 1.82) is 0 Å². The van der Waals surface area contributed by atoms with E-state index in [1.807, 2.05) is 0 Å². The summed E-state index contributed by atoms with van der Waals surface area (Å²) in [5.74, 6) is -0.598. The molecule has 0 bridgehead atoms. The zero-order valence-corrected chi connectivity index (χ0v) is 16.6. The molecule has 27 heavy (non-hydrogen) atoms. The Hall–Kier alpha value is -1.67. The van der Waals surface area contributed by atoms with Gasteiger partial charge in [0.1, 0.15) is 5.82 Å². The Bertz CT molecular complexity index is 944. The first-order valence-electron chi connectivity index (χ1n) is 8.25. The molecule has 144 valence electrons. The molecule has 1 amide bonds. The SMILES string of the molecule is O=C(Cc1ccc(Cl)c(Cl)c1)N1CCN(S(=O)(=O)c2ccc(F)cc2)CC1. The Labute approximate surface area is 167 Å². The normalized spacial score (nSPS) is 15.7. The van der Waals surface area contributed by atoms with Crippen molar-refractivity contribution < 1.29 is 17.6 Å². The summed E-state index contributed by atoms with van der Waals surface area (Å²) in [7, 11) is -3.70. The molecule has 0 spiro atoms. The van der Waals surface area contributed by atoms with Crippen LogP contribution in [0.1, 0.15) is 5.56 Å². The summed E-state index contributed by atoms with van der Waals surface area (Å²) in [4.78, 5) is 14.1. The third-order valence-electron chi connectivity index (χ3n) is 4.38. The molecule has 2 aromatic rings. The van der Waals surface area contributed by atoms with Crippen molar-refractivity contribution in [2.75, 3.05) is 26.2 Å². The van der Waals surface area contributed by atoms with Gasteiger partial charge >= 0.3 is 0 Å². The second-order valence-electron chi connectivity index (χ2n) is 6.16. The van der Waals surface area contributed by atoms with Gasteiger partial charge in [0, 0.05) is 26.2 Å². The van der Waals surface area contributed by atoms with E-state index in [0.29, 0.717) is 23.1 Å². The van der Waals surface area contributed by atoms with E-state index >= 15 is 0 Å². The van der Waals surface area contributed by atoms with Crippen LogP contribution in [0.5, 0.6) is 0 Å². The van der Waals surface area contributed by atoms with Crippen LogP contribution in [-0.2, 0) is 21.2 Å². The number of amides is 1. The second-order valence-corrected chi connectivity index (χ2v) is 8.92. The van der Waals surface area contributed by atoms with Crippen LogP contribution in [0, 0.1) is 5.82 Å². The molecular weight excluding hydrogens is 414 g/mol. The summed E-state index contributed by atoms with van der Waals surface area (Å²) in [5.41, 5.74) is 0.746. The molecule has 0 aliphatic carbocycles. The average Bonchev–Trinajstić information content (AvgIpc) is 2.65.